The maximum Gasteiger partial charge on any atom is 0.406 e. The van der Waals surface area contributed by atoms with E-state index in [-0.39, 0.29) is 29.3 Å². The zero-order valence-electron chi connectivity index (χ0n) is 20.1. The Bertz CT molecular complexity index is 1180. The minimum Gasteiger partial charge on any atom is -0.480 e. The van der Waals surface area contributed by atoms with E-state index >= 15 is 0 Å². The molecule has 1 fully saturated rings. The number of aromatic nitrogens is 4. The van der Waals surface area contributed by atoms with Crippen LogP contribution in [0.2, 0.25) is 0 Å². The molecule has 3 rings (SSSR count). The summed E-state index contributed by atoms with van der Waals surface area (Å²) >= 11 is 0. The van der Waals surface area contributed by atoms with Gasteiger partial charge in [-0.05, 0) is 12.3 Å². The normalized spacial score (nSPS) is 24.3. The number of carbonyl (C=O) groups is 2. The molecule has 18 heteroatoms. The number of aliphatic carboxylic acids is 1. The summed E-state index contributed by atoms with van der Waals surface area (Å²) in [5.41, 5.74) is 5.55. The molecule has 1 aliphatic rings. The van der Waals surface area contributed by atoms with Crippen molar-refractivity contribution in [1.82, 2.24) is 24.6 Å². The number of aliphatic hydroxyl groups excluding tert-OH is 2. The van der Waals surface area contributed by atoms with Gasteiger partial charge in [-0.25, -0.2) is 19.4 Å². The molecule has 0 spiro atoms. The average molecular weight is 550 g/mol. The molecule has 0 saturated carbocycles. The molecule has 0 bridgehead atoms. The maximum atomic E-state index is 13.7. The Hall–Kier alpha value is -2.79. The number of hydrogen-bond donors (Lipinski definition) is 5. The Labute approximate surface area is 209 Å². The molecule has 1 aliphatic heterocycles. The number of imidazole rings is 1. The Morgan fingerprint density at radius 3 is 2.62 bits per heavy atom. The van der Waals surface area contributed by atoms with Gasteiger partial charge in [-0.3, -0.25) is 18.4 Å². The molecule has 1 unspecified atom stereocenters. The van der Waals surface area contributed by atoms with Crippen molar-refractivity contribution < 1.29 is 52.4 Å². The summed E-state index contributed by atoms with van der Waals surface area (Å²) in [5, 5.41) is 32.4. The van der Waals surface area contributed by atoms with Crippen LogP contribution < -0.4 is 10.8 Å². The summed E-state index contributed by atoms with van der Waals surface area (Å²) in [4.78, 5) is 34.1. The summed E-state index contributed by atoms with van der Waals surface area (Å²) in [7, 11) is -3.37. The summed E-state index contributed by atoms with van der Waals surface area (Å²) in [6.45, 7) is 1.87. The molecule has 6 N–H and O–H groups in total. The minimum absolute atomic E-state index is 0.0289. The van der Waals surface area contributed by atoms with Gasteiger partial charge in [-0.15, -0.1) is 0 Å². The summed E-state index contributed by atoms with van der Waals surface area (Å²) in [6, 6.07) is -1.17. The zero-order valence-corrected chi connectivity index (χ0v) is 20.9. The van der Waals surface area contributed by atoms with Crippen LogP contribution in [0.15, 0.2) is 6.33 Å². The van der Waals surface area contributed by atoms with Crippen LogP contribution in [0.4, 0.5) is 10.2 Å². The van der Waals surface area contributed by atoms with Gasteiger partial charge in [0, 0.05) is 0 Å². The van der Waals surface area contributed by atoms with Crippen molar-refractivity contribution in [3.63, 3.8) is 0 Å². The molecule has 6 atom stereocenters. The van der Waals surface area contributed by atoms with Crippen LogP contribution in [0.25, 0.3) is 11.2 Å². The number of hydrogen-bond acceptors (Lipinski definition) is 13. The fourth-order valence-corrected chi connectivity index (χ4v) is 5.06. The second-order valence-corrected chi connectivity index (χ2v) is 10.3. The van der Waals surface area contributed by atoms with E-state index in [0.717, 1.165) is 18.0 Å². The Morgan fingerprint density at radius 1 is 1.30 bits per heavy atom. The van der Waals surface area contributed by atoms with Gasteiger partial charge in [0.1, 0.15) is 24.4 Å². The molecule has 0 aromatic carbocycles. The molecule has 2 aromatic heterocycles. The van der Waals surface area contributed by atoms with E-state index in [1.807, 2.05) is 0 Å². The SMILES string of the molecule is COC(=O)[C@H](CC(C)C)NP(=O)(OCC(=O)O)OC[C@H]1O[C@@H](n2cnc3c(N)nc(F)nc32)[C@@H](O)[C@@H]1O. The molecule has 37 heavy (non-hydrogen) atoms. The van der Waals surface area contributed by atoms with E-state index in [1.54, 1.807) is 13.8 Å². The number of ether oxygens (including phenoxy) is 2. The molecule has 1 saturated heterocycles. The van der Waals surface area contributed by atoms with E-state index in [9.17, 15) is 28.8 Å². The second-order valence-electron chi connectivity index (χ2n) is 8.54. The summed E-state index contributed by atoms with van der Waals surface area (Å²) < 4.78 is 48.7. The number of carboxylic acid groups (broad SMARTS) is 1. The van der Waals surface area contributed by atoms with E-state index in [2.05, 4.69) is 20.0 Å². The number of aliphatic hydroxyl groups is 2. The van der Waals surface area contributed by atoms with Gasteiger partial charge in [0.05, 0.1) is 20.0 Å². The molecule has 0 amide bonds. The number of nitrogen functional groups attached to an aromatic ring is 1. The van der Waals surface area contributed by atoms with Crippen LogP contribution in [0.1, 0.15) is 26.5 Å². The third-order valence-corrected chi connectivity index (χ3v) is 6.89. The van der Waals surface area contributed by atoms with Crippen LogP contribution in [0.5, 0.6) is 0 Å². The van der Waals surface area contributed by atoms with Gasteiger partial charge in [-0.2, -0.15) is 14.4 Å². The number of rotatable bonds is 12. The lowest BCUT2D eigenvalue weighted by molar-refractivity contribution is -0.143. The van der Waals surface area contributed by atoms with Gasteiger partial charge in [0.2, 0.25) is 0 Å². The highest BCUT2D eigenvalue weighted by molar-refractivity contribution is 7.51. The van der Waals surface area contributed by atoms with Gasteiger partial charge in [-0.1, -0.05) is 13.8 Å². The van der Waals surface area contributed by atoms with E-state index < -0.39 is 69.6 Å². The molecule has 0 radical (unpaired) electrons. The Kier molecular flexibility index (Phi) is 9.12. The van der Waals surface area contributed by atoms with Gasteiger partial charge in [0.15, 0.2) is 29.8 Å². The number of esters is 1. The predicted octanol–water partition coefficient (Wildman–Crippen LogP) is -0.430. The molecular formula is C19H28FN6O10P. The lowest BCUT2D eigenvalue weighted by Gasteiger charge is -2.25. The van der Waals surface area contributed by atoms with Crippen molar-refractivity contribution in [1.29, 1.82) is 0 Å². The molecule has 16 nitrogen and oxygen atoms in total. The van der Waals surface area contributed by atoms with Gasteiger partial charge >= 0.3 is 25.8 Å². The predicted molar refractivity (Wildman–Crippen MR) is 121 cm³/mol. The third-order valence-electron chi connectivity index (χ3n) is 5.31. The number of fused-ring (bicyclic) bond motifs is 1. The van der Waals surface area contributed by atoms with Gasteiger partial charge in [0.25, 0.3) is 0 Å². The number of carboxylic acids is 1. The van der Waals surface area contributed by atoms with Crippen LogP contribution in [0, 0.1) is 12.0 Å². The summed E-state index contributed by atoms with van der Waals surface area (Å²) in [6.07, 6.45) is -5.72. The largest absolute Gasteiger partial charge is 0.480 e. The minimum atomic E-state index is -4.49. The highest BCUT2D eigenvalue weighted by Gasteiger charge is 2.46. The van der Waals surface area contributed by atoms with E-state index in [0.29, 0.717) is 0 Å². The smallest absolute Gasteiger partial charge is 0.406 e. The molecule has 206 valence electrons. The van der Waals surface area contributed by atoms with Crippen molar-refractivity contribution in [3.8, 4) is 0 Å². The average Bonchev–Trinajstić information content (AvgIpc) is 3.36. The van der Waals surface area contributed by atoms with Crippen LogP contribution in [-0.2, 0) is 32.7 Å². The number of nitrogens with two attached hydrogens (primary N) is 1. The topological polar surface area (TPSA) is 230 Å². The first-order chi connectivity index (χ1) is 17.3. The van der Waals surface area contributed by atoms with Crippen molar-refractivity contribution in [2.45, 2.75) is 50.8 Å². The lowest BCUT2D eigenvalue weighted by atomic mass is 10.1. The molecule has 0 aliphatic carbocycles. The van der Waals surface area contributed by atoms with Crippen molar-refractivity contribution in [2.75, 3.05) is 26.1 Å². The molecule has 2 aromatic rings. The first-order valence-corrected chi connectivity index (χ1v) is 12.5. The maximum absolute atomic E-state index is 13.7. The van der Waals surface area contributed by atoms with Gasteiger partial charge < -0.3 is 30.5 Å². The fraction of sp³-hybridized carbons (Fsp3) is 0.632. The number of nitrogens with one attached hydrogen (secondary N) is 1. The third kappa shape index (κ3) is 6.75. The first kappa shape index (κ1) is 28.8. The number of methoxy groups -OCH3 is 1. The standard InChI is InChI=1S/C19H28FN6O10P/c1-8(2)4-9(18(31)33-3)25-37(32,35-6-11(27)28)34-5-10-13(29)14(30)17(36-10)26-7-22-12-15(21)23-19(20)24-16(12)26/h7-10,13-14,17,29-30H,4-6H2,1-3H3,(H,25,32)(H,27,28)(H2,21,23,24)/t9-,10+,13+,14-,17+,37?/m0/s1. The highest BCUT2D eigenvalue weighted by Crippen LogP contribution is 2.46. The van der Waals surface area contributed by atoms with Crippen LogP contribution in [-0.4, -0.2) is 91.5 Å². The second kappa shape index (κ2) is 11.7. The molecule has 3 heterocycles. The Balaban J connectivity index is 1.79. The van der Waals surface area contributed by atoms with Crippen LogP contribution in [0.3, 0.4) is 0 Å². The van der Waals surface area contributed by atoms with Crippen molar-refractivity contribution in [3.05, 3.63) is 12.4 Å². The van der Waals surface area contributed by atoms with E-state index in [4.69, 9.17) is 29.4 Å². The number of halogens is 1. The Morgan fingerprint density at radius 2 is 2.00 bits per heavy atom. The van der Waals surface area contributed by atoms with Crippen molar-refractivity contribution >= 4 is 36.7 Å². The summed E-state index contributed by atoms with van der Waals surface area (Å²) in [5.74, 6) is -2.56. The van der Waals surface area contributed by atoms with Crippen LogP contribution >= 0.6 is 7.75 Å². The van der Waals surface area contributed by atoms with Crippen molar-refractivity contribution in [2.24, 2.45) is 5.92 Å². The quantitative estimate of drug-likeness (QED) is 0.128. The lowest BCUT2D eigenvalue weighted by Crippen LogP contribution is -2.39. The number of carbonyl (C=O) groups excluding carboxylic acids is 1. The monoisotopic (exact) mass is 550 g/mol. The fourth-order valence-electron chi connectivity index (χ4n) is 3.62. The first-order valence-electron chi connectivity index (χ1n) is 11.0. The molecular weight excluding hydrogens is 522 g/mol. The zero-order chi connectivity index (χ0) is 27.5. The van der Waals surface area contributed by atoms with E-state index in [1.165, 1.54) is 0 Å². The number of nitrogens with zero attached hydrogens (tertiary/aromatic N) is 4. The number of anilines is 1. The highest BCUT2D eigenvalue weighted by atomic mass is 31.2.